The quantitative estimate of drug-likeness (QED) is 0.345. The SMILES string of the molecule is Cc1c(Br)cccc1NC(=O)C(C)/C(N)=N/O. The maximum absolute atomic E-state index is 11.8. The molecule has 0 bridgehead atoms. The van der Waals surface area contributed by atoms with E-state index in [1.165, 1.54) is 0 Å². The summed E-state index contributed by atoms with van der Waals surface area (Å²) < 4.78 is 0.909. The third kappa shape index (κ3) is 3.20. The minimum atomic E-state index is -0.682. The highest BCUT2D eigenvalue weighted by Crippen LogP contribution is 2.23. The summed E-state index contributed by atoms with van der Waals surface area (Å²) in [7, 11) is 0. The number of rotatable bonds is 3. The second-order valence-corrected chi connectivity index (χ2v) is 4.50. The Morgan fingerprint density at radius 2 is 2.24 bits per heavy atom. The number of nitrogens with one attached hydrogen (secondary N) is 1. The molecule has 0 heterocycles. The highest BCUT2D eigenvalue weighted by Gasteiger charge is 2.18. The van der Waals surface area contributed by atoms with Crippen molar-refractivity contribution < 1.29 is 10.0 Å². The fourth-order valence-electron chi connectivity index (χ4n) is 1.20. The van der Waals surface area contributed by atoms with Crippen LogP contribution in [0.2, 0.25) is 0 Å². The molecule has 0 spiro atoms. The van der Waals surface area contributed by atoms with Crippen molar-refractivity contribution in [1.82, 2.24) is 0 Å². The number of carbonyl (C=O) groups is 1. The van der Waals surface area contributed by atoms with Crippen LogP contribution in [0.4, 0.5) is 5.69 Å². The summed E-state index contributed by atoms with van der Waals surface area (Å²) in [6.07, 6.45) is 0. The van der Waals surface area contributed by atoms with Crippen LogP contribution in [0.25, 0.3) is 0 Å². The Balaban J connectivity index is 2.85. The summed E-state index contributed by atoms with van der Waals surface area (Å²) >= 11 is 3.38. The minimum absolute atomic E-state index is 0.116. The van der Waals surface area contributed by atoms with Crippen LogP contribution >= 0.6 is 15.9 Å². The van der Waals surface area contributed by atoms with Gasteiger partial charge in [-0.05, 0) is 31.5 Å². The zero-order valence-electron chi connectivity index (χ0n) is 9.57. The van der Waals surface area contributed by atoms with Gasteiger partial charge in [0.05, 0.1) is 5.92 Å². The van der Waals surface area contributed by atoms with Gasteiger partial charge in [-0.2, -0.15) is 0 Å². The number of oxime groups is 1. The van der Waals surface area contributed by atoms with Crippen molar-refractivity contribution >= 4 is 33.4 Å². The first-order chi connectivity index (χ1) is 7.97. The molecule has 0 aliphatic carbocycles. The summed E-state index contributed by atoms with van der Waals surface area (Å²) in [6, 6.07) is 5.50. The number of nitrogens with two attached hydrogens (primary N) is 1. The van der Waals surface area contributed by atoms with Gasteiger partial charge in [0, 0.05) is 10.2 Å². The number of amidine groups is 1. The topological polar surface area (TPSA) is 87.7 Å². The molecule has 0 saturated carbocycles. The number of amides is 1. The largest absolute Gasteiger partial charge is 0.409 e. The molecule has 1 aromatic carbocycles. The Labute approximate surface area is 108 Å². The van der Waals surface area contributed by atoms with Crippen molar-refractivity contribution in [1.29, 1.82) is 0 Å². The van der Waals surface area contributed by atoms with Crippen molar-refractivity contribution in [3.63, 3.8) is 0 Å². The number of carbonyl (C=O) groups excluding carboxylic acids is 1. The molecule has 0 radical (unpaired) electrons. The normalized spacial score (nSPS) is 13.2. The number of benzene rings is 1. The van der Waals surface area contributed by atoms with E-state index in [1.807, 2.05) is 19.1 Å². The van der Waals surface area contributed by atoms with Crippen molar-refractivity contribution in [2.24, 2.45) is 16.8 Å². The molecule has 0 aliphatic heterocycles. The molecule has 0 aromatic heterocycles. The van der Waals surface area contributed by atoms with E-state index in [0.717, 1.165) is 10.0 Å². The monoisotopic (exact) mass is 299 g/mol. The Morgan fingerprint density at radius 1 is 1.59 bits per heavy atom. The summed E-state index contributed by atoms with van der Waals surface area (Å²) in [5, 5.41) is 14.0. The van der Waals surface area contributed by atoms with Crippen LogP contribution in [0.15, 0.2) is 27.8 Å². The molecule has 0 fully saturated rings. The molecule has 5 nitrogen and oxygen atoms in total. The van der Waals surface area contributed by atoms with Gasteiger partial charge in [-0.15, -0.1) is 0 Å². The molecule has 17 heavy (non-hydrogen) atoms. The maximum Gasteiger partial charge on any atom is 0.234 e. The molecule has 6 heteroatoms. The molecule has 0 saturated heterocycles. The summed E-state index contributed by atoms with van der Waals surface area (Å²) in [4.78, 5) is 11.8. The smallest absolute Gasteiger partial charge is 0.234 e. The van der Waals surface area contributed by atoms with Crippen LogP contribution in [-0.2, 0) is 4.79 Å². The number of hydrogen-bond acceptors (Lipinski definition) is 3. The lowest BCUT2D eigenvalue weighted by Gasteiger charge is -2.13. The van der Waals surface area contributed by atoms with Crippen LogP contribution in [0.1, 0.15) is 12.5 Å². The van der Waals surface area contributed by atoms with Gasteiger partial charge in [0.25, 0.3) is 0 Å². The molecule has 1 unspecified atom stereocenters. The summed E-state index contributed by atoms with van der Waals surface area (Å²) in [5.74, 6) is -1.12. The first kappa shape index (κ1) is 13.5. The second-order valence-electron chi connectivity index (χ2n) is 3.65. The van der Waals surface area contributed by atoms with Gasteiger partial charge in [0.15, 0.2) is 5.84 Å². The Kier molecular flexibility index (Phi) is 4.51. The average molecular weight is 300 g/mol. The van der Waals surface area contributed by atoms with E-state index in [0.29, 0.717) is 5.69 Å². The van der Waals surface area contributed by atoms with E-state index in [4.69, 9.17) is 10.9 Å². The van der Waals surface area contributed by atoms with Crippen molar-refractivity contribution in [2.75, 3.05) is 5.32 Å². The first-order valence-corrected chi connectivity index (χ1v) is 5.80. The zero-order valence-corrected chi connectivity index (χ0v) is 11.2. The first-order valence-electron chi connectivity index (χ1n) is 5.00. The number of nitrogens with zero attached hydrogens (tertiary/aromatic N) is 1. The van der Waals surface area contributed by atoms with Gasteiger partial charge in [-0.1, -0.05) is 27.2 Å². The molecular formula is C11H14BrN3O2. The van der Waals surface area contributed by atoms with E-state index < -0.39 is 5.92 Å². The second kappa shape index (κ2) is 5.67. The summed E-state index contributed by atoms with van der Waals surface area (Å²) in [6.45, 7) is 3.45. The van der Waals surface area contributed by atoms with Crippen molar-refractivity contribution in [3.05, 3.63) is 28.2 Å². The summed E-state index contributed by atoms with van der Waals surface area (Å²) in [5.41, 5.74) is 6.99. The Morgan fingerprint density at radius 3 is 2.82 bits per heavy atom. The van der Waals surface area contributed by atoms with E-state index >= 15 is 0 Å². The van der Waals surface area contributed by atoms with Gasteiger partial charge >= 0.3 is 0 Å². The van der Waals surface area contributed by atoms with Gasteiger partial charge in [-0.3, -0.25) is 4.79 Å². The fraction of sp³-hybridized carbons (Fsp3) is 0.273. The molecule has 1 rings (SSSR count). The van der Waals surface area contributed by atoms with Gasteiger partial charge < -0.3 is 16.3 Å². The number of anilines is 1. The molecule has 1 aromatic rings. The fourth-order valence-corrected chi connectivity index (χ4v) is 1.57. The lowest BCUT2D eigenvalue weighted by molar-refractivity contribution is -0.117. The minimum Gasteiger partial charge on any atom is -0.409 e. The van der Waals surface area contributed by atoms with Crippen LogP contribution in [0.3, 0.4) is 0 Å². The zero-order chi connectivity index (χ0) is 13.0. The van der Waals surface area contributed by atoms with Crippen LogP contribution in [-0.4, -0.2) is 17.0 Å². The predicted octanol–water partition coefficient (Wildman–Crippen LogP) is 2.08. The molecule has 92 valence electrons. The lowest BCUT2D eigenvalue weighted by Crippen LogP contribution is -2.32. The number of halogens is 1. The molecular weight excluding hydrogens is 286 g/mol. The third-order valence-corrected chi connectivity index (χ3v) is 3.34. The van der Waals surface area contributed by atoms with Gasteiger partial charge in [-0.25, -0.2) is 0 Å². The van der Waals surface area contributed by atoms with Crippen LogP contribution < -0.4 is 11.1 Å². The molecule has 1 atom stereocenters. The predicted molar refractivity (Wildman–Crippen MR) is 70.1 cm³/mol. The number of hydrogen-bond donors (Lipinski definition) is 3. The molecule has 4 N–H and O–H groups in total. The standard InChI is InChI=1S/C11H14BrN3O2/c1-6-8(12)4-3-5-9(6)14-11(16)7(2)10(13)15-17/h3-5,7,17H,1-2H3,(H2,13,15)(H,14,16). The van der Waals surface area contributed by atoms with Crippen LogP contribution in [0, 0.1) is 12.8 Å². The highest BCUT2D eigenvalue weighted by atomic mass is 79.9. The van der Waals surface area contributed by atoms with E-state index in [9.17, 15) is 4.79 Å². The Bertz CT molecular complexity index is 460. The maximum atomic E-state index is 11.8. The van der Waals surface area contributed by atoms with Gasteiger partial charge in [0.2, 0.25) is 5.91 Å². The third-order valence-electron chi connectivity index (χ3n) is 2.48. The lowest BCUT2D eigenvalue weighted by atomic mass is 10.1. The molecule has 1 amide bonds. The van der Waals surface area contributed by atoms with Crippen molar-refractivity contribution in [3.8, 4) is 0 Å². The highest BCUT2D eigenvalue weighted by molar-refractivity contribution is 9.10. The van der Waals surface area contributed by atoms with E-state index in [2.05, 4.69) is 26.4 Å². The average Bonchev–Trinajstić information content (AvgIpc) is 2.32. The molecule has 0 aliphatic rings. The van der Waals surface area contributed by atoms with E-state index in [-0.39, 0.29) is 11.7 Å². The van der Waals surface area contributed by atoms with Crippen LogP contribution in [0.5, 0.6) is 0 Å². The Hall–Kier alpha value is -1.56. The van der Waals surface area contributed by atoms with E-state index in [1.54, 1.807) is 13.0 Å². The van der Waals surface area contributed by atoms with Gasteiger partial charge in [0.1, 0.15) is 0 Å². The van der Waals surface area contributed by atoms with Crippen molar-refractivity contribution in [2.45, 2.75) is 13.8 Å².